The van der Waals surface area contributed by atoms with Gasteiger partial charge in [0.2, 0.25) is 0 Å². The molecule has 0 saturated carbocycles. The number of benzene rings is 2. The van der Waals surface area contributed by atoms with E-state index in [-0.39, 0.29) is 5.91 Å². The Labute approximate surface area is 122 Å². The van der Waals surface area contributed by atoms with Crippen LogP contribution < -0.4 is 5.32 Å². The van der Waals surface area contributed by atoms with Gasteiger partial charge in [-0.15, -0.1) is 0 Å². The summed E-state index contributed by atoms with van der Waals surface area (Å²) in [6, 6.07) is 16.9. The van der Waals surface area contributed by atoms with Gasteiger partial charge < -0.3 is 5.32 Å². The average Bonchev–Trinajstić information content (AvgIpc) is 2.54. The van der Waals surface area contributed by atoms with Crippen molar-refractivity contribution < 1.29 is 4.79 Å². The van der Waals surface area contributed by atoms with Crippen LogP contribution in [0.2, 0.25) is 0 Å². The van der Waals surface area contributed by atoms with Crippen LogP contribution in [-0.2, 0) is 0 Å². The van der Waals surface area contributed by atoms with E-state index in [4.69, 9.17) is 0 Å². The minimum absolute atomic E-state index is 0.0792. The molecule has 0 heterocycles. The van der Waals surface area contributed by atoms with E-state index in [1.54, 1.807) is 12.1 Å². The van der Waals surface area contributed by atoms with Gasteiger partial charge in [0.1, 0.15) is 0 Å². The Morgan fingerprint density at radius 2 is 1.30 bits per heavy atom. The molecular formula is C18H25NO. The molecule has 2 heteroatoms. The number of carbonyl (C=O) groups is 1. The van der Waals surface area contributed by atoms with Crippen LogP contribution in [0.15, 0.2) is 54.6 Å². The highest BCUT2D eigenvalue weighted by Crippen LogP contribution is 2.10. The van der Waals surface area contributed by atoms with Gasteiger partial charge in [0.05, 0.1) is 0 Å². The van der Waals surface area contributed by atoms with E-state index < -0.39 is 0 Å². The van der Waals surface area contributed by atoms with Crippen molar-refractivity contribution in [1.29, 1.82) is 0 Å². The first-order valence-electron chi connectivity index (χ1n) is 7.19. The van der Waals surface area contributed by atoms with Crippen molar-refractivity contribution in [2.75, 3.05) is 5.32 Å². The summed E-state index contributed by atoms with van der Waals surface area (Å²) in [4.78, 5) is 11.8. The maximum atomic E-state index is 11.8. The zero-order valence-corrected chi connectivity index (χ0v) is 13.1. The van der Waals surface area contributed by atoms with E-state index in [9.17, 15) is 4.79 Å². The Balaban J connectivity index is 0.000000829. The molecule has 1 amide bonds. The van der Waals surface area contributed by atoms with E-state index >= 15 is 0 Å². The molecule has 0 aliphatic carbocycles. The Morgan fingerprint density at radius 3 is 1.80 bits per heavy atom. The predicted octanol–water partition coefficient (Wildman–Crippen LogP) is 5.30. The van der Waals surface area contributed by atoms with E-state index in [0.29, 0.717) is 5.56 Å². The lowest BCUT2D eigenvalue weighted by Crippen LogP contribution is -2.11. The highest BCUT2D eigenvalue weighted by molar-refractivity contribution is 6.04. The molecule has 2 aromatic rings. The number of rotatable bonds is 2. The zero-order valence-electron chi connectivity index (χ0n) is 13.1. The smallest absolute Gasteiger partial charge is 0.255 e. The highest BCUT2D eigenvalue weighted by Gasteiger charge is 2.03. The molecule has 0 radical (unpaired) electrons. The van der Waals surface area contributed by atoms with Crippen LogP contribution in [0.3, 0.4) is 0 Å². The molecule has 2 rings (SSSR count). The lowest BCUT2D eigenvalue weighted by atomic mass is 10.2. The largest absolute Gasteiger partial charge is 0.322 e. The molecule has 108 valence electrons. The minimum Gasteiger partial charge on any atom is -0.322 e. The van der Waals surface area contributed by atoms with Crippen LogP contribution in [0.25, 0.3) is 0 Å². The summed E-state index contributed by atoms with van der Waals surface area (Å²) in [7, 11) is 0. The molecule has 0 saturated heterocycles. The summed E-state index contributed by atoms with van der Waals surface area (Å²) in [6.07, 6.45) is 0. The van der Waals surface area contributed by atoms with Gasteiger partial charge in [-0.3, -0.25) is 4.79 Å². The van der Waals surface area contributed by atoms with Crippen molar-refractivity contribution in [2.45, 2.75) is 34.6 Å². The summed E-state index contributed by atoms with van der Waals surface area (Å²) < 4.78 is 0. The van der Waals surface area contributed by atoms with Crippen LogP contribution in [0.4, 0.5) is 5.69 Å². The molecule has 0 aliphatic heterocycles. The van der Waals surface area contributed by atoms with Crippen LogP contribution in [0, 0.1) is 6.92 Å². The molecule has 20 heavy (non-hydrogen) atoms. The Morgan fingerprint density at radius 1 is 0.800 bits per heavy atom. The molecule has 0 unspecified atom stereocenters. The van der Waals surface area contributed by atoms with Gasteiger partial charge in [-0.2, -0.15) is 0 Å². The number of amides is 1. The van der Waals surface area contributed by atoms with Crippen molar-refractivity contribution in [2.24, 2.45) is 0 Å². The molecule has 0 fully saturated rings. The first kappa shape index (κ1) is 17.9. The molecule has 2 nitrogen and oxygen atoms in total. The number of hydrogen-bond donors (Lipinski definition) is 1. The average molecular weight is 271 g/mol. The summed E-state index contributed by atoms with van der Waals surface area (Å²) in [5.74, 6) is -0.0792. The SMILES string of the molecule is CC.CC.Cc1ccc(NC(=O)c2ccccc2)cc1. The van der Waals surface area contributed by atoms with Gasteiger partial charge in [0.25, 0.3) is 5.91 Å². The maximum Gasteiger partial charge on any atom is 0.255 e. The van der Waals surface area contributed by atoms with Crippen molar-refractivity contribution >= 4 is 11.6 Å². The fourth-order valence-electron chi connectivity index (χ4n) is 1.43. The second kappa shape index (κ2) is 10.8. The number of carbonyl (C=O) groups excluding carboxylic acids is 1. The third-order valence-corrected chi connectivity index (χ3v) is 2.35. The fraction of sp³-hybridized carbons (Fsp3) is 0.278. The molecule has 0 spiro atoms. The van der Waals surface area contributed by atoms with Crippen LogP contribution in [0.5, 0.6) is 0 Å². The number of anilines is 1. The molecule has 2 aromatic carbocycles. The van der Waals surface area contributed by atoms with E-state index in [1.165, 1.54) is 5.56 Å². The fourth-order valence-corrected chi connectivity index (χ4v) is 1.43. The van der Waals surface area contributed by atoms with Gasteiger partial charge in [-0.05, 0) is 31.2 Å². The molecule has 1 N–H and O–H groups in total. The molecule has 0 bridgehead atoms. The first-order valence-corrected chi connectivity index (χ1v) is 7.19. The van der Waals surface area contributed by atoms with E-state index in [1.807, 2.05) is 77.1 Å². The summed E-state index contributed by atoms with van der Waals surface area (Å²) in [6.45, 7) is 10.0. The Bertz CT molecular complexity index is 475. The summed E-state index contributed by atoms with van der Waals surface area (Å²) in [5.41, 5.74) is 2.67. The number of aryl methyl sites for hydroxylation is 1. The number of nitrogens with one attached hydrogen (secondary N) is 1. The van der Waals surface area contributed by atoms with Gasteiger partial charge in [-0.1, -0.05) is 63.6 Å². The number of hydrogen-bond acceptors (Lipinski definition) is 1. The first-order chi connectivity index (χ1) is 9.75. The van der Waals surface area contributed by atoms with E-state index in [0.717, 1.165) is 5.69 Å². The monoisotopic (exact) mass is 271 g/mol. The summed E-state index contributed by atoms with van der Waals surface area (Å²) in [5, 5.41) is 2.85. The van der Waals surface area contributed by atoms with Crippen LogP contribution >= 0.6 is 0 Å². The summed E-state index contributed by atoms with van der Waals surface area (Å²) >= 11 is 0. The van der Waals surface area contributed by atoms with Gasteiger partial charge in [0, 0.05) is 11.3 Å². The van der Waals surface area contributed by atoms with Crippen molar-refractivity contribution in [3.8, 4) is 0 Å². The lowest BCUT2D eigenvalue weighted by molar-refractivity contribution is 0.102. The Hall–Kier alpha value is -2.09. The second-order valence-corrected chi connectivity index (χ2v) is 3.69. The van der Waals surface area contributed by atoms with Crippen molar-refractivity contribution in [3.05, 3.63) is 65.7 Å². The zero-order chi connectivity index (χ0) is 15.4. The highest BCUT2D eigenvalue weighted by atomic mass is 16.1. The van der Waals surface area contributed by atoms with Gasteiger partial charge >= 0.3 is 0 Å². The molecule has 0 aliphatic rings. The van der Waals surface area contributed by atoms with Crippen LogP contribution in [-0.4, -0.2) is 5.91 Å². The minimum atomic E-state index is -0.0792. The normalized spacial score (nSPS) is 8.45. The molecule has 0 aromatic heterocycles. The standard InChI is InChI=1S/C14H13NO.2C2H6/c1-11-7-9-13(10-8-11)15-14(16)12-5-3-2-4-6-12;2*1-2/h2-10H,1H3,(H,15,16);2*1-2H3. The van der Waals surface area contributed by atoms with Crippen molar-refractivity contribution in [3.63, 3.8) is 0 Å². The Kier molecular flexibility index (Phi) is 9.67. The lowest BCUT2D eigenvalue weighted by Gasteiger charge is -2.05. The quantitative estimate of drug-likeness (QED) is 0.789. The topological polar surface area (TPSA) is 29.1 Å². The van der Waals surface area contributed by atoms with E-state index in [2.05, 4.69) is 5.32 Å². The third-order valence-electron chi connectivity index (χ3n) is 2.35. The van der Waals surface area contributed by atoms with Gasteiger partial charge in [0.15, 0.2) is 0 Å². The van der Waals surface area contributed by atoms with Gasteiger partial charge in [-0.25, -0.2) is 0 Å². The molecule has 0 atom stereocenters. The van der Waals surface area contributed by atoms with Crippen molar-refractivity contribution in [1.82, 2.24) is 0 Å². The molecular weight excluding hydrogens is 246 g/mol. The van der Waals surface area contributed by atoms with Crippen LogP contribution in [0.1, 0.15) is 43.6 Å². The predicted molar refractivity (Wildman–Crippen MR) is 88.3 cm³/mol. The maximum absolute atomic E-state index is 11.8. The second-order valence-electron chi connectivity index (χ2n) is 3.69. The third kappa shape index (κ3) is 6.19.